The molecule has 1 amide bonds. The summed E-state index contributed by atoms with van der Waals surface area (Å²) in [6.07, 6.45) is 4.60. The zero-order chi connectivity index (χ0) is 16.6. The van der Waals surface area contributed by atoms with Gasteiger partial charge >= 0.3 is 5.69 Å². The van der Waals surface area contributed by atoms with Crippen molar-refractivity contribution in [3.63, 3.8) is 0 Å². The molecule has 0 bridgehead atoms. The van der Waals surface area contributed by atoms with Crippen molar-refractivity contribution < 1.29 is 9.90 Å². The minimum absolute atomic E-state index is 0.0705. The van der Waals surface area contributed by atoms with Gasteiger partial charge in [-0.3, -0.25) is 19.1 Å². The van der Waals surface area contributed by atoms with Gasteiger partial charge in [0.25, 0.3) is 11.5 Å². The summed E-state index contributed by atoms with van der Waals surface area (Å²) >= 11 is 0. The maximum atomic E-state index is 12.3. The number of aromatic amines is 2. The number of piperidine rings is 1. The van der Waals surface area contributed by atoms with Gasteiger partial charge < -0.3 is 15.0 Å². The number of carbonyl (C=O) groups excluding carboxylic acids is 1. The van der Waals surface area contributed by atoms with Crippen LogP contribution >= 0.6 is 0 Å². The van der Waals surface area contributed by atoms with E-state index in [1.165, 1.54) is 34.3 Å². The Morgan fingerprint density at radius 2 is 2.26 bits per heavy atom. The monoisotopic (exact) mass is 319 g/mol. The molecule has 122 valence electrons. The Labute approximate surface area is 130 Å². The third kappa shape index (κ3) is 2.82. The molecule has 2 aromatic heterocycles. The molecule has 0 radical (unpaired) electrons. The Bertz CT molecular complexity index is 820. The Kier molecular flexibility index (Phi) is 3.64. The van der Waals surface area contributed by atoms with Gasteiger partial charge in [-0.2, -0.15) is 0 Å². The summed E-state index contributed by atoms with van der Waals surface area (Å²) in [5.41, 5.74) is -2.02. The van der Waals surface area contributed by atoms with Crippen molar-refractivity contribution in [2.24, 2.45) is 0 Å². The van der Waals surface area contributed by atoms with E-state index in [0.29, 0.717) is 18.7 Å². The van der Waals surface area contributed by atoms with Crippen molar-refractivity contribution in [1.29, 1.82) is 0 Å². The van der Waals surface area contributed by atoms with Crippen LogP contribution in [-0.4, -0.2) is 54.1 Å². The molecule has 2 aromatic rings. The predicted molar refractivity (Wildman–Crippen MR) is 80.1 cm³/mol. The number of carbonyl (C=O) groups is 1. The molecule has 0 spiro atoms. The van der Waals surface area contributed by atoms with E-state index < -0.39 is 22.9 Å². The van der Waals surface area contributed by atoms with Crippen LogP contribution in [0.1, 0.15) is 29.9 Å². The second-order valence-corrected chi connectivity index (χ2v) is 5.87. The summed E-state index contributed by atoms with van der Waals surface area (Å²) in [7, 11) is 0. The number of hydrogen-bond donors (Lipinski definition) is 3. The summed E-state index contributed by atoms with van der Waals surface area (Å²) in [5, 5.41) is 10.7. The Balaban J connectivity index is 1.84. The molecular formula is C14H17N5O4. The van der Waals surface area contributed by atoms with Crippen LogP contribution in [0.5, 0.6) is 0 Å². The van der Waals surface area contributed by atoms with Crippen molar-refractivity contribution in [2.45, 2.75) is 25.0 Å². The number of amides is 1. The van der Waals surface area contributed by atoms with Gasteiger partial charge in [-0.15, -0.1) is 0 Å². The van der Waals surface area contributed by atoms with Gasteiger partial charge in [0.2, 0.25) is 0 Å². The highest BCUT2D eigenvalue weighted by Crippen LogP contribution is 2.31. The third-order valence-electron chi connectivity index (χ3n) is 4.10. The average Bonchev–Trinajstić information content (AvgIpc) is 3.01. The molecule has 2 atom stereocenters. The lowest BCUT2D eigenvalue weighted by Gasteiger charge is -2.43. The largest absolute Gasteiger partial charge is 0.386 e. The molecule has 9 heteroatoms. The zero-order valence-corrected chi connectivity index (χ0v) is 12.5. The fourth-order valence-corrected chi connectivity index (χ4v) is 2.99. The number of nitrogens with zero attached hydrogens (tertiary/aromatic N) is 3. The molecule has 1 aliphatic heterocycles. The Morgan fingerprint density at radius 1 is 1.48 bits per heavy atom. The summed E-state index contributed by atoms with van der Waals surface area (Å²) in [6.45, 7) is 2.02. The molecule has 23 heavy (non-hydrogen) atoms. The van der Waals surface area contributed by atoms with Crippen molar-refractivity contribution in [1.82, 2.24) is 24.4 Å². The highest BCUT2D eigenvalue weighted by Gasteiger charge is 2.41. The van der Waals surface area contributed by atoms with Gasteiger partial charge in [0, 0.05) is 18.8 Å². The van der Waals surface area contributed by atoms with Crippen molar-refractivity contribution in [3.8, 4) is 0 Å². The molecule has 0 unspecified atom stereocenters. The molecule has 1 saturated heterocycles. The van der Waals surface area contributed by atoms with E-state index in [1.54, 1.807) is 6.92 Å². The number of H-pyrrole nitrogens is 2. The first-order chi connectivity index (χ1) is 10.9. The number of hydrogen-bond acceptors (Lipinski definition) is 5. The second-order valence-electron chi connectivity index (χ2n) is 5.87. The lowest BCUT2D eigenvalue weighted by atomic mass is 9.88. The van der Waals surface area contributed by atoms with Crippen molar-refractivity contribution in [2.75, 3.05) is 13.1 Å². The van der Waals surface area contributed by atoms with E-state index in [-0.39, 0.29) is 12.5 Å². The van der Waals surface area contributed by atoms with Gasteiger partial charge in [-0.05, 0) is 13.3 Å². The van der Waals surface area contributed by atoms with Crippen molar-refractivity contribution >= 4 is 5.91 Å². The quantitative estimate of drug-likeness (QED) is 0.661. The summed E-state index contributed by atoms with van der Waals surface area (Å²) in [6, 6.07) is 0.706. The van der Waals surface area contributed by atoms with E-state index in [4.69, 9.17) is 0 Å². The molecule has 0 saturated carbocycles. The van der Waals surface area contributed by atoms with Crippen LogP contribution in [-0.2, 0) is 0 Å². The summed E-state index contributed by atoms with van der Waals surface area (Å²) in [4.78, 5) is 45.7. The molecule has 0 aromatic carbocycles. The molecule has 0 aliphatic carbocycles. The number of likely N-dealkylation sites (tertiary alicyclic amines) is 1. The maximum Gasteiger partial charge on any atom is 0.328 e. The number of aromatic nitrogens is 4. The average molecular weight is 319 g/mol. The zero-order valence-electron chi connectivity index (χ0n) is 12.5. The topological polar surface area (TPSA) is 124 Å². The van der Waals surface area contributed by atoms with Crippen LogP contribution in [0, 0.1) is 0 Å². The second kappa shape index (κ2) is 5.51. The number of rotatable bonds is 2. The molecule has 3 rings (SSSR count). The number of aliphatic hydroxyl groups is 1. The fourth-order valence-electron chi connectivity index (χ4n) is 2.99. The standard InChI is InChI=1S/C14H17N5O4/c1-14(23)7-18(12(21)9-6-15-8-16-9)4-2-10(14)19-5-3-11(20)17-13(19)22/h3,5-6,8,10,23H,2,4,7H2,1H3,(H,15,16)(H,17,20,22)/t10-,14-/m1/s1. The number of imidazole rings is 1. The van der Waals surface area contributed by atoms with Crippen LogP contribution in [0.15, 0.2) is 34.4 Å². The van der Waals surface area contributed by atoms with Crippen LogP contribution in [0.4, 0.5) is 0 Å². The number of nitrogens with one attached hydrogen (secondary N) is 2. The first-order valence-electron chi connectivity index (χ1n) is 7.20. The minimum Gasteiger partial charge on any atom is -0.386 e. The van der Waals surface area contributed by atoms with Crippen molar-refractivity contribution in [3.05, 3.63) is 51.3 Å². The Hall–Kier alpha value is -2.68. The summed E-state index contributed by atoms with van der Waals surface area (Å²) in [5.74, 6) is -0.255. The van der Waals surface area contributed by atoms with Crippen LogP contribution in [0.2, 0.25) is 0 Å². The van der Waals surface area contributed by atoms with Crippen LogP contribution in [0.25, 0.3) is 0 Å². The lowest BCUT2D eigenvalue weighted by Crippen LogP contribution is -2.56. The first kappa shape index (κ1) is 15.2. The molecule has 3 N–H and O–H groups in total. The van der Waals surface area contributed by atoms with Gasteiger partial charge in [0.1, 0.15) is 11.3 Å². The highest BCUT2D eigenvalue weighted by atomic mass is 16.3. The molecule has 1 fully saturated rings. The first-order valence-corrected chi connectivity index (χ1v) is 7.20. The van der Waals surface area contributed by atoms with Gasteiger partial charge in [-0.25, -0.2) is 9.78 Å². The Morgan fingerprint density at radius 3 is 2.87 bits per heavy atom. The number of β-amino-alcohol motifs (C(OH)–C–C–N with tert-alkyl or cyclic N) is 1. The van der Waals surface area contributed by atoms with Gasteiger partial charge in [0.15, 0.2) is 0 Å². The summed E-state index contributed by atoms with van der Waals surface area (Å²) < 4.78 is 1.30. The maximum absolute atomic E-state index is 12.3. The van der Waals surface area contributed by atoms with E-state index >= 15 is 0 Å². The van der Waals surface area contributed by atoms with E-state index in [0.717, 1.165) is 0 Å². The van der Waals surface area contributed by atoms with Gasteiger partial charge in [0.05, 0.1) is 25.1 Å². The SMILES string of the molecule is C[C@@]1(O)CN(C(=O)c2cnc[nH]2)CC[C@H]1n1ccc(=O)[nH]c1=O. The molecule has 1 aliphatic rings. The molecule has 9 nitrogen and oxygen atoms in total. The fraction of sp³-hybridized carbons (Fsp3) is 0.429. The van der Waals surface area contributed by atoms with E-state index in [1.807, 2.05) is 0 Å². The normalized spacial score (nSPS) is 24.6. The van der Waals surface area contributed by atoms with Gasteiger partial charge in [-0.1, -0.05) is 0 Å². The predicted octanol–water partition coefficient (Wildman–Crippen LogP) is -0.902. The van der Waals surface area contributed by atoms with Crippen LogP contribution < -0.4 is 11.2 Å². The highest BCUT2D eigenvalue weighted by molar-refractivity contribution is 5.92. The lowest BCUT2D eigenvalue weighted by molar-refractivity contribution is -0.0504. The minimum atomic E-state index is -1.31. The smallest absolute Gasteiger partial charge is 0.328 e. The van der Waals surface area contributed by atoms with E-state index in [2.05, 4.69) is 15.0 Å². The molecule has 3 heterocycles. The van der Waals surface area contributed by atoms with Crippen LogP contribution in [0.3, 0.4) is 0 Å². The third-order valence-corrected chi connectivity index (χ3v) is 4.10. The molecular weight excluding hydrogens is 302 g/mol. The van der Waals surface area contributed by atoms with E-state index in [9.17, 15) is 19.5 Å².